The first-order valence-corrected chi connectivity index (χ1v) is 6.13. The second kappa shape index (κ2) is 7.57. The van der Waals surface area contributed by atoms with Crippen LogP contribution in [0.2, 0.25) is 0 Å². The molecule has 0 spiro atoms. The van der Waals surface area contributed by atoms with Crippen LogP contribution in [0.5, 0.6) is 0 Å². The monoisotopic (exact) mass is 273 g/mol. The van der Waals surface area contributed by atoms with Gasteiger partial charge in [0.05, 0.1) is 18.7 Å². The zero-order valence-corrected chi connectivity index (χ0v) is 10.8. The third-order valence-electron chi connectivity index (χ3n) is 2.73. The molecule has 1 rings (SSSR count). The number of carboxylic acids is 1. The number of ether oxygens (including phenoxy) is 1. The van der Waals surface area contributed by atoms with Gasteiger partial charge in [0.1, 0.15) is 6.54 Å². The van der Waals surface area contributed by atoms with Crippen molar-refractivity contribution in [2.24, 2.45) is 0 Å². The van der Waals surface area contributed by atoms with Gasteiger partial charge in [-0.25, -0.2) is 4.79 Å². The highest BCUT2D eigenvalue weighted by atomic mass is 16.5. The Morgan fingerprint density at radius 3 is 2.63 bits per heavy atom. The summed E-state index contributed by atoms with van der Waals surface area (Å²) < 4.78 is 5.42. The zero-order chi connectivity index (χ0) is 14.3. The lowest BCUT2D eigenvalue weighted by Crippen LogP contribution is -2.48. The smallest absolute Gasteiger partial charge is 0.322 e. The molecule has 3 amide bonds. The van der Waals surface area contributed by atoms with E-state index in [0.717, 1.165) is 12.8 Å². The molecule has 1 heterocycles. The standard InChI is InChI=1S/C11H19N3O5/c1-7(8-3-2-4-19-8)14-11(18)13-5-9(15)12-6-10(16)17/h7-8H,2-6H2,1H3,(H,12,15)(H,16,17)(H2,13,14,18). The Morgan fingerprint density at radius 2 is 2.05 bits per heavy atom. The van der Waals surface area contributed by atoms with Crippen molar-refractivity contribution in [2.45, 2.75) is 31.9 Å². The third-order valence-corrected chi connectivity index (χ3v) is 2.73. The second-order valence-corrected chi connectivity index (χ2v) is 4.34. The number of amides is 3. The number of urea groups is 1. The molecule has 4 N–H and O–H groups in total. The molecule has 0 aromatic heterocycles. The summed E-state index contributed by atoms with van der Waals surface area (Å²) in [6, 6.07) is -0.613. The minimum absolute atomic E-state index is 0.00610. The van der Waals surface area contributed by atoms with E-state index in [4.69, 9.17) is 9.84 Å². The average molecular weight is 273 g/mol. The molecule has 1 aliphatic rings. The molecular weight excluding hydrogens is 254 g/mol. The first kappa shape index (κ1) is 15.2. The second-order valence-electron chi connectivity index (χ2n) is 4.34. The molecule has 0 bridgehead atoms. The van der Waals surface area contributed by atoms with Gasteiger partial charge in [0.25, 0.3) is 0 Å². The molecule has 108 valence electrons. The van der Waals surface area contributed by atoms with Crippen LogP contribution in [0.25, 0.3) is 0 Å². The molecule has 0 aromatic carbocycles. The fraction of sp³-hybridized carbons (Fsp3) is 0.727. The first-order valence-electron chi connectivity index (χ1n) is 6.13. The van der Waals surface area contributed by atoms with Crippen molar-refractivity contribution in [1.82, 2.24) is 16.0 Å². The lowest BCUT2D eigenvalue weighted by Gasteiger charge is -2.20. The van der Waals surface area contributed by atoms with Crippen molar-refractivity contribution < 1.29 is 24.2 Å². The minimum atomic E-state index is -1.13. The Morgan fingerprint density at radius 1 is 1.32 bits per heavy atom. The molecule has 0 aromatic rings. The van der Waals surface area contributed by atoms with Gasteiger partial charge in [-0.05, 0) is 19.8 Å². The highest BCUT2D eigenvalue weighted by Crippen LogP contribution is 2.15. The van der Waals surface area contributed by atoms with Crippen LogP contribution in [0, 0.1) is 0 Å². The van der Waals surface area contributed by atoms with E-state index in [-0.39, 0.29) is 18.7 Å². The van der Waals surface area contributed by atoms with E-state index in [1.54, 1.807) is 0 Å². The number of aliphatic carboxylic acids is 1. The lowest BCUT2D eigenvalue weighted by atomic mass is 10.1. The predicted molar refractivity (Wildman–Crippen MR) is 65.6 cm³/mol. The fourth-order valence-corrected chi connectivity index (χ4v) is 1.74. The highest BCUT2D eigenvalue weighted by molar-refractivity contribution is 5.86. The van der Waals surface area contributed by atoms with Gasteiger partial charge in [-0.15, -0.1) is 0 Å². The molecule has 19 heavy (non-hydrogen) atoms. The summed E-state index contributed by atoms with van der Waals surface area (Å²) in [7, 11) is 0. The molecule has 0 saturated carbocycles. The SMILES string of the molecule is CC(NC(=O)NCC(=O)NCC(=O)O)C1CCCO1. The minimum Gasteiger partial charge on any atom is -0.480 e. The highest BCUT2D eigenvalue weighted by Gasteiger charge is 2.23. The summed E-state index contributed by atoms with van der Waals surface area (Å²) in [6.45, 7) is 1.81. The van der Waals surface area contributed by atoms with Crippen LogP contribution in [-0.4, -0.2) is 54.9 Å². The van der Waals surface area contributed by atoms with Gasteiger partial charge >= 0.3 is 12.0 Å². The van der Waals surface area contributed by atoms with Gasteiger partial charge in [-0.1, -0.05) is 0 Å². The molecule has 1 saturated heterocycles. The summed E-state index contributed by atoms with van der Waals surface area (Å²) in [5.41, 5.74) is 0. The van der Waals surface area contributed by atoms with Crippen LogP contribution in [0.4, 0.5) is 4.79 Å². The van der Waals surface area contributed by atoms with Crippen LogP contribution >= 0.6 is 0 Å². The van der Waals surface area contributed by atoms with Gasteiger partial charge in [0, 0.05) is 6.61 Å². The lowest BCUT2D eigenvalue weighted by molar-refractivity contribution is -0.137. The van der Waals surface area contributed by atoms with E-state index in [0.29, 0.717) is 6.61 Å². The Hall–Kier alpha value is -1.83. The summed E-state index contributed by atoms with van der Waals surface area (Å²) >= 11 is 0. The maximum atomic E-state index is 11.5. The number of hydrogen-bond acceptors (Lipinski definition) is 4. The van der Waals surface area contributed by atoms with Crippen LogP contribution in [0.3, 0.4) is 0 Å². The first-order chi connectivity index (χ1) is 8.99. The summed E-state index contributed by atoms with van der Waals surface area (Å²) in [5, 5.41) is 15.5. The topological polar surface area (TPSA) is 117 Å². The van der Waals surface area contributed by atoms with E-state index in [2.05, 4.69) is 16.0 Å². The summed E-state index contributed by atoms with van der Waals surface area (Å²) in [5.74, 6) is -1.69. The van der Waals surface area contributed by atoms with Gasteiger partial charge < -0.3 is 25.8 Å². The van der Waals surface area contributed by atoms with Crippen molar-refractivity contribution >= 4 is 17.9 Å². The van der Waals surface area contributed by atoms with Gasteiger partial charge in [0.2, 0.25) is 5.91 Å². The quantitative estimate of drug-likeness (QED) is 0.498. The predicted octanol–water partition coefficient (Wildman–Crippen LogP) is -0.946. The maximum absolute atomic E-state index is 11.5. The Balaban J connectivity index is 2.16. The Kier molecular flexibility index (Phi) is 6.07. The largest absolute Gasteiger partial charge is 0.480 e. The molecule has 1 aliphatic heterocycles. The van der Waals surface area contributed by atoms with Gasteiger partial charge in [0.15, 0.2) is 0 Å². The summed E-state index contributed by atoms with van der Waals surface area (Å²) in [4.78, 5) is 32.8. The van der Waals surface area contributed by atoms with Crippen molar-refractivity contribution in [2.75, 3.05) is 19.7 Å². The molecule has 8 nitrogen and oxygen atoms in total. The van der Waals surface area contributed by atoms with Gasteiger partial charge in [-0.2, -0.15) is 0 Å². The molecule has 8 heteroatoms. The van der Waals surface area contributed by atoms with E-state index >= 15 is 0 Å². The average Bonchev–Trinajstić information content (AvgIpc) is 2.87. The van der Waals surface area contributed by atoms with Crippen LogP contribution in [-0.2, 0) is 14.3 Å². The third kappa shape index (κ3) is 6.05. The molecule has 2 unspecified atom stereocenters. The molecular formula is C11H19N3O5. The number of carbonyl (C=O) groups is 3. The van der Waals surface area contributed by atoms with E-state index in [1.165, 1.54) is 0 Å². The Bertz CT molecular complexity index is 341. The molecule has 1 fully saturated rings. The van der Waals surface area contributed by atoms with Crippen molar-refractivity contribution in [3.8, 4) is 0 Å². The maximum Gasteiger partial charge on any atom is 0.322 e. The Labute approximate surface area is 110 Å². The van der Waals surface area contributed by atoms with Gasteiger partial charge in [-0.3, -0.25) is 9.59 Å². The number of carboxylic acid groups (broad SMARTS) is 1. The van der Waals surface area contributed by atoms with Crippen molar-refractivity contribution in [3.63, 3.8) is 0 Å². The molecule has 2 atom stereocenters. The van der Waals surface area contributed by atoms with E-state index in [9.17, 15) is 14.4 Å². The van der Waals surface area contributed by atoms with Crippen molar-refractivity contribution in [3.05, 3.63) is 0 Å². The normalized spacial score (nSPS) is 19.5. The summed E-state index contributed by atoms with van der Waals surface area (Å²) in [6.07, 6.45) is 1.89. The number of rotatable bonds is 6. The number of nitrogens with one attached hydrogen (secondary N) is 3. The van der Waals surface area contributed by atoms with E-state index < -0.39 is 24.5 Å². The van der Waals surface area contributed by atoms with Crippen LogP contribution < -0.4 is 16.0 Å². The van der Waals surface area contributed by atoms with Crippen LogP contribution in [0.1, 0.15) is 19.8 Å². The van der Waals surface area contributed by atoms with E-state index in [1.807, 2.05) is 6.92 Å². The fourth-order valence-electron chi connectivity index (χ4n) is 1.74. The van der Waals surface area contributed by atoms with Crippen LogP contribution in [0.15, 0.2) is 0 Å². The number of carbonyl (C=O) groups excluding carboxylic acids is 2. The van der Waals surface area contributed by atoms with Crippen molar-refractivity contribution in [1.29, 1.82) is 0 Å². The molecule has 0 radical (unpaired) electrons. The molecule has 0 aliphatic carbocycles. The zero-order valence-electron chi connectivity index (χ0n) is 10.8. The number of hydrogen-bond donors (Lipinski definition) is 4.